The standard InChI is InChI=1S/C18H22ClN3O3/c1-11-5-14(19)3-4-17(11)25-10-18(24)22-8-13(16(23)9-22)7-15-6-12(2)20-21-15/h3-6,13,16,23H,7-10H2,1-2H3,(H,20,21)/t13-,16+/m1/s1. The first-order chi connectivity index (χ1) is 11.9. The number of β-amino-alcohol motifs (C(OH)–C–C–N with tert-alkyl or cyclic N) is 1. The van der Waals surface area contributed by atoms with Crippen LogP contribution in [0, 0.1) is 19.8 Å². The van der Waals surface area contributed by atoms with E-state index in [9.17, 15) is 9.90 Å². The number of carbonyl (C=O) groups is 1. The molecule has 6 nitrogen and oxygen atoms in total. The van der Waals surface area contributed by atoms with Gasteiger partial charge in [-0.25, -0.2) is 0 Å². The molecule has 1 fully saturated rings. The molecule has 7 heteroatoms. The minimum Gasteiger partial charge on any atom is -0.483 e. The fourth-order valence-corrected chi connectivity index (χ4v) is 3.34. The van der Waals surface area contributed by atoms with Crippen molar-refractivity contribution in [3.8, 4) is 5.75 Å². The molecule has 2 N–H and O–H groups in total. The van der Waals surface area contributed by atoms with E-state index in [4.69, 9.17) is 16.3 Å². The molecule has 0 bridgehead atoms. The fraction of sp³-hybridized carbons (Fsp3) is 0.444. The van der Waals surface area contributed by atoms with Gasteiger partial charge in [-0.1, -0.05) is 11.6 Å². The van der Waals surface area contributed by atoms with Crippen LogP contribution in [0.5, 0.6) is 5.75 Å². The van der Waals surface area contributed by atoms with Crippen LogP contribution in [0.2, 0.25) is 5.02 Å². The number of ether oxygens (including phenoxy) is 1. The summed E-state index contributed by atoms with van der Waals surface area (Å²) < 4.78 is 5.61. The number of carbonyl (C=O) groups excluding carboxylic acids is 1. The Hall–Kier alpha value is -2.05. The molecule has 2 heterocycles. The molecule has 0 radical (unpaired) electrons. The quantitative estimate of drug-likeness (QED) is 0.853. The number of rotatable bonds is 5. The van der Waals surface area contributed by atoms with Crippen LogP contribution in [0.4, 0.5) is 0 Å². The van der Waals surface area contributed by atoms with E-state index in [0.717, 1.165) is 17.0 Å². The lowest BCUT2D eigenvalue weighted by molar-refractivity contribution is -0.132. The maximum atomic E-state index is 12.4. The number of halogens is 1. The lowest BCUT2D eigenvalue weighted by Gasteiger charge is -2.17. The first-order valence-corrected chi connectivity index (χ1v) is 8.66. The highest BCUT2D eigenvalue weighted by molar-refractivity contribution is 6.30. The molecule has 134 valence electrons. The Morgan fingerprint density at radius 2 is 2.20 bits per heavy atom. The van der Waals surface area contributed by atoms with E-state index in [-0.39, 0.29) is 18.4 Å². The number of H-pyrrole nitrogens is 1. The zero-order valence-electron chi connectivity index (χ0n) is 14.3. The molecule has 1 amide bonds. The van der Waals surface area contributed by atoms with Gasteiger partial charge < -0.3 is 14.7 Å². The molecule has 0 aliphatic carbocycles. The highest BCUT2D eigenvalue weighted by Gasteiger charge is 2.34. The molecule has 1 aromatic carbocycles. The fourth-order valence-electron chi connectivity index (χ4n) is 3.11. The zero-order valence-corrected chi connectivity index (χ0v) is 15.1. The second-order valence-corrected chi connectivity index (χ2v) is 7.01. The summed E-state index contributed by atoms with van der Waals surface area (Å²) in [7, 11) is 0. The summed E-state index contributed by atoms with van der Waals surface area (Å²) in [6, 6.07) is 7.24. The van der Waals surface area contributed by atoms with Crippen molar-refractivity contribution in [3.63, 3.8) is 0 Å². The van der Waals surface area contributed by atoms with E-state index in [1.165, 1.54) is 0 Å². The van der Waals surface area contributed by atoms with Crippen molar-refractivity contribution in [1.82, 2.24) is 15.1 Å². The molecule has 1 saturated heterocycles. The van der Waals surface area contributed by atoms with Crippen LogP contribution in [-0.2, 0) is 11.2 Å². The van der Waals surface area contributed by atoms with Crippen molar-refractivity contribution in [2.24, 2.45) is 5.92 Å². The molecule has 25 heavy (non-hydrogen) atoms. The number of hydrogen-bond donors (Lipinski definition) is 2. The summed E-state index contributed by atoms with van der Waals surface area (Å²) in [6.07, 6.45) is 0.102. The van der Waals surface area contributed by atoms with Crippen molar-refractivity contribution in [2.45, 2.75) is 26.4 Å². The summed E-state index contributed by atoms with van der Waals surface area (Å²) in [4.78, 5) is 14.0. The number of amides is 1. The van der Waals surface area contributed by atoms with Crippen LogP contribution in [-0.4, -0.2) is 51.9 Å². The number of aromatic amines is 1. The highest BCUT2D eigenvalue weighted by atomic mass is 35.5. The van der Waals surface area contributed by atoms with Crippen molar-refractivity contribution < 1.29 is 14.6 Å². The SMILES string of the molecule is Cc1cc(C[C@@H]2CN(C(=O)COc3ccc(Cl)cc3C)C[C@@H]2O)n[nH]1. The Balaban J connectivity index is 1.54. The Morgan fingerprint density at radius 1 is 1.40 bits per heavy atom. The average molecular weight is 364 g/mol. The highest BCUT2D eigenvalue weighted by Crippen LogP contribution is 2.23. The maximum Gasteiger partial charge on any atom is 0.260 e. The molecule has 0 saturated carbocycles. The van der Waals surface area contributed by atoms with E-state index in [1.54, 1.807) is 23.1 Å². The first-order valence-electron chi connectivity index (χ1n) is 8.28. The van der Waals surface area contributed by atoms with Gasteiger partial charge in [-0.2, -0.15) is 5.10 Å². The first kappa shape index (κ1) is 17.8. The molecule has 1 aliphatic rings. The van der Waals surface area contributed by atoms with E-state index in [2.05, 4.69) is 10.2 Å². The number of nitrogens with zero attached hydrogens (tertiary/aromatic N) is 2. The molecular weight excluding hydrogens is 342 g/mol. The van der Waals surface area contributed by atoms with Crippen LogP contribution < -0.4 is 4.74 Å². The third-order valence-electron chi connectivity index (χ3n) is 4.48. The number of aliphatic hydroxyl groups is 1. The number of aliphatic hydroxyl groups excluding tert-OH is 1. The second-order valence-electron chi connectivity index (χ2n) is 6.57. The van der Waals surface area contributed by atoms with E-state index in [1.807, 2.05) is 19.9 Å². The Bertz CT molecular complexity index is 762. The molecule has 1 aliphatic heterocycles. The van der Waals surface area contributed by atoms with Gasteiger partial charge in [-0.05, 0) is 50.1 Å². The minimum atomic E-state index is -0.543. The van der Waals surface area contributed by atoms with Gasteiger partial charge in [0.05, 0.1) is 11.8 Å². The molecule has 2 aromatic rings. The second kappa shape index (κ2) is 7.45. The third-order valence-corrected chi connectivity index (χ3v) is 4.71. The molecule has 1 aromatic heterocycles. The van der Waals surface area contributed by atoms with Gasteiger partial charge in [0, 0.05) is 29.7 Å². The number of hydrogen-bond acceptors (Lipinski definition) is 4. The predicted molar refractivity (Wildman–Crippen MR) is 94.8 cm³/mol. The van der Waals surface area contributed by atoms with Crippen molar-refractivity contribution in [2.75, 3.05) is 19.7 Å². The molecule has 3 rings (SSSR count). The topological polar surface area (TPSA) is 78.5 Å². The average Bonchev–Trinajstić information content (AvgIpc) is 3.13. The van der Waals surface area contributed by atoms with Gasteiger partial charge >= 0.3 is 0 Å². The smallest absolute Gasteiger partial charge is 0.260 e. The van der Waals surface area contributed by atoms with Crippen LogP contribution in [0.25, 0.3) is 0 Å². The third kappa shape index (κ3) is 4.32. The van der Waals surface area contributed by atoms with Gasteiger partial charge in [0.25, 0.3) is 5.91 Å². The number of benzene rings is 1. The lowest BCUT2D eigenvalue weighted by atomic mass is 10.0. The number of aryl methyl sites for hydroxylation is 2. The molecule has 0 spiro atoms. The zero-order chi connectivity index (χ0) is 18.0. The molecule has 0 unspecified atom stereocenters. The normalized spacial score (nSPS) is 20.1. The van der Waals surface area contributed by atoms with Crippen molar-refractivity contribution in [1.29, 1.82) is 0 Å². The summed E-state index contributed by atoms with van der Waals surface area (Å²) in [5, 5.41) is 18.0. The minimum absolute atomic E-state index is 0.0103. The van der Waals surface area contributed by atoms with Crippen molar-refractivity contribution in [3.05, 3.63) is 46.2 Å². The summed E-state index contributed by atoms with van der Waals surface area (Å²) in [5.41, 5.74) is 2.78. The van der Waals surface area contributed by atoms with Crippen LogP contribution in [0.15, 0.2) is 24.3 Å². The van der Waals surface area contributed by atoms with Gasteiger partial charge in [-0.15, -0.1) is 0 Å². The largest absolute Gasteiger partial charge is 0.483 e. The Labute approximate surface area is 151 Å². The van der Waals surface area contributed by atoms with Gasteiger partial charge in [0.15, 0.2) is 6.61 Å². The van der Waals surface area contributed by atoms with E-state index in [0.29, 0.717) is 30.3 Å². The lowest BCUT2D eigenvalue weighted by Crippen LogP contribution is -2.33. The Kier molecular flexibility index (Phi) is 5.30. The van der Waals surface area contributed by atoms with Crippen molar-refractivity contribution >= 4 is 17.5 Å². The van der Waals surface area contributed by atoms with Crippen LogP contribution in [0.1, 0.15) is 17.0 Å². The predicted octanol–water partition coefficient (Wildman–Crippen LogP) is 2.12. The number of nitrogens with one attached hydrogen (secondary N) is 1. The van der Waals surface area contributed by atoms with Crippen LogP contribution >= 0.6 is 11.6 Å². The van der Waals surface area contributed by atoms with Crippen LogP contribution in [0.3, 0.4) is 0 Å². The Morgan fingerprint density at radius 3 is 2.88 bits per heavy atom. The summed E-state index contributed by atoms with van der Waals surface area (Å²) in [6.45, 7) is 4.61. The maximum absolute atomic E-state index is 12.4. The summed E-state index contributed by atoms with van der Waals surface area (Å²) >= 11 is 5.92. The monoisotopic (exact) mass is 363 g/mol. The number of aromatic nitrogens is 2. The van der Waals surface area contributed by atoms with Gasteiger partial charge in [0.1, 0.15) is 5.75 Å². The molecule has 2 atom stereocenters. The number of likely N-dealkylation sites (tertiary alicyclic amines) is 1. The summed E-state index contributed by atoms with van der Waals surface area (Å²) in [5.74, 6) is 0.499. The van der Waals surface area contributed by atoms with Gasteiger partial charge in [0.2, 0.25) is 0 Å². The van der Waals surface area contributed by atoms with E-state index < -0.39 is 6.10 Å². The van der Waals surface area contributed by atoms with Gasteiger partial charge in [-0.3, -0.25) is 9.89 Å². The molecular formula is C18H22ClN3O3. The van der Waals surface area contributed by atoms with E-state index >= 15 is 0 Å².